The Morgan fingerprint density at radius 2 is 2.08 bits per heavy atom. The molecule has 1 aliphatic rings. The van der Waals surface area contributed by atoms with E-state index in [1.54, 1.807) is 36.4 Å². The Morgan fingerprint density at radius 1 is 1.23 bits per heavy atom. The van der Waals surface area contributed by atoms with Crippen LogP contribution >= 0.6 is 0 Å². The first-order valence-electron chi connectivity index (χ1n) is 8.57. The number of aromatic amines is 1. The van der Waals surface area contributed by atoms with Crippen LogP contribution in [-0.4, -0.2) is 51.1 Å². The van der Waals surface area contributed by atoms with Gasteiger partial charge in [0.05, 0.1) is 17.4 Å². The number of nitrogens with zero attached hydrogens (tertiary/aromatic N) is 2. The Hall–Kier alpha value is -2.64. The fourth-order valence-electron chi connectivity index (χ4n) is 3.47. The van der Waals surface area contributed by atoms with Gasteiger partial charge in [0, 0.05) is 36.5 Å². The first-order chi connectivity index (χ1) is 12.5. The molecule has 1 saturated heterocycles. The van der Waals surface area contributed by atoms with Gasteiger partial charge in [-0.05, 0) is 42.8 Å². The second-order valence-corrected chi connectivity index (χ2v) is 6.71. The number of β-amino-alcohol motifs (C(OH)–C–C–N with tert-alkyl or cyclic N) is 1. The number of nitrogens with one attached hydrogen (secondary N) is 1. The molecule has 1 aliphatic heterocycles. The third-order valence-corrected chi connectivity index (χ3v) is 5.01. The number of aliphatic hydroxyl groups is 2. The van der Waals surface area contributed by atoms with Crippen molar-refractivity contribution in [3.8, 4) is 17.0 Å². The molecule has 2 atom stereocenters. The highest BCUT2D eigenvalue weighted by atomic mass is 19.1. The fourth-order valence-corrected chi connectivity index (χ4v) is 3.47. The fraction of sp³-hybridized carbons (Fsp3) is 0.316. The molecule has 1 fully saturated rings. The summed E-state index contributed by atoms with van der Waals surface area (Å²) in [4.78, 5) is 9.02. The summed E-state index contributed by atoms with van der Waals surface area (Å²) < 4.78 is 14.6. The number of fused-ring (bicyclic) bond motifs is 1. The third kappa shape index (κ3) is 3.00. The van der Waals surface area contributed by atoms with E-state index in [1.807, 2.05) is 4.90 Å². The highest BCUT2D eigenvalue weighted by Crippen LogP contribution is 2.30. The van der Waals surface area contributed by atoms with Crippen molar-refractivity contribution < 1.29 is 19.7 Å². The second-order valence-electron chi connectivity index (χ2n) is 6.71. The molecule has 6 nitrogen and oxygen atoms in total. The predicted molar refractivity (Wildman–Crippen MR) is 96.6 cm³/mol. The van der Waals surface area contributed by atoms with Gasteiger partial charge < -0.3 is 25.2 Å². The second kappa shape index (κ2) is 6.59. The molecule has 0 spiro atoms. The number of aromatic nitrogens is 2. The average molecular weight is 357 g/mol. The number of anilines is 1. The summed E-state index contributed by atoms with van der Waals surface area (Å²) in [5.41, 5.74) is 1.73. The van der Waals surface area contributed by atoms with Crippen molar-refractivity contribution in [3.63, 3.8) is 0 Å². The van der Waals surface area contributed by atoms with Crippen molar-refractivity contribution in [3.05, 3.63) is 42.3 Å². The van der Waals surface area contributed by atoms with Gasteiger partial charge in [-0.25, -0.2) is 4.98 Å². The van der Waals surface area contributed by atoms with Crippen LogP contribution in [0.4, 0.5) is 10.2 Å². The molecular formula is C19H20FN3O3. The molecular weight excluding hydrogens is 337 g/mol. The maximum atomic E-state index is 14.6. The number of phenols is 1. The van der Waals surface area contributed by atoms with Crippen LogP contribution in [0, 0.1) is 11.9 Å². The Balaban J connectivity index is 1.61. The van der Waals surface area contributed by atoms with Gasteiger partial charge >= 0.3 is 0 Å². The number of rotatable bonds is 3. The number of hydrogen-bond acceptors (Lipinski definition) is 5. The summed E-state index contributed by atoms with van der Waals surface area (Å²) in [7, 11) is 0. The number of piperidine rings is 1. The number of H-pyrrole nitrogens is 1. The first kappa shape index (κ1) is 16.8. The largest absolute Gasteiger partial charge is 0.508 e. The number of benzene rings is 1. The molecule has 26 heavy (non-hydrogen) atoms. The molecule has 0 bridgehead atoms. The van der Waals surface area contributed by atoms with E-state index in [2.05, 4.69) is 9.97 Å². The molecule has 3 heterocycles. The number of pyridine rings is 1. The Bertz CT molecular complexity index is 943. The van der Waals surface area contributed by atoms with E-state index in [9.17, 15) is 19.7 Å². The smallest absolute Gasteiger partial charge is 0.224 e. The minimum Gasteiger partial charge on any atom is -0.508 e. The molecule has 4 N–H and O–H groups in total. The number of phenolic OH excluding ortho intramolecular Hbond substituents is 1. The summed E-state index contributed by atoms with van der Waals surface area (Å²) in [5.74, 6) is -0.118. The molecule has 0 aliphatic carbocycles. The van der Waals surface area contributed by atoms with Gasteiger partial charge in [-0.2, -0.15) is 4.39 Å². The van der Waals surface area contributed by atoms with Crippen LogP contribution in [0.3, 0.4) is 0 Å². The van der Waals surface area contributed by atoms with Gasteiger partial charge in [0.1, 0.15) is 11.6 Å². The molecule has 0 amide bonds. The number of hydrogen-bond donors (Lipinski definition) is 4. The van der Waals surface area contributed by atoms with Crippen LogP contribution in [-0.2, 0) is 0 Å². The molecule has 1 unspecified atom stereocenters. The van der Waals surface area contributed by atoms with Crippen LogP contribution in [0.2, 0.25) is 0 Å². The van der Waals surface area contributed by atoms with E-state index >= 15 is 0 Å². The molecule has 2 aromatic heterocycles. The molecule has 136 valence electrons. The molecule has 4 rings (SSSR count). The lowest BCUT2D eigenvalue weighted by Crippen LogP contribution is -2.45. The lowest BCUT2D eigenvalue weighted by molar-refractivity contribution is 0.0545. The zero-order chi connectivity index (χ0) is 18.3. The van der Waals surface area contributed by atoms with Crippen molar-refractivity contribution >= 4 is 16.7 Å². The van der Waals surface area contributed by atoms with Gasteiger partial charge in [0.25, 0.3) is 0 Å². The number of aromatic hydroxyl groups is 1. The van der Waals surface area contributed by atoms with Crippen molar-refractivity contribution in [1.29, 1.82) is 0 Å². The van der Waals surface area contributed by atoms with Crippen molar-refractivity contribution in [2.45, 2.75) is 12.5 Å². The SMILES string of the molecule is OCC1CCN(c2ccc(-c3cc4cc(O)ccc4[nH]3)c(F)n2)C[C@@H]1O. The maximum absolute atomic E-state index is 14.6. The Morgan fingerprint density at radius 3 is 2.81 bits per heavy atom. The highest BCUT2D eigenvalue weighted by Gasteiger charge is 2.28. The van der Waals surface area contributed by atoms with Crippen LogP contribution in [0.1, 0.15) is 6.42 Å². The lowest BCUT2D eigenvalue weighted by atomic mass is 9.95. The minimum absolute atomic E-state index is 0.0499. The quantitative estimate of drug-likeness (QED) is 0.540. The third-order valence-electron chi connectivity index (χ3n) is 5.01. The van der Waals surface area contributed by atoms with E-state index in [0.717, 1.165) is 10.9 Å². The highest BCUT2D eigenvalue weighted by molar-refractivity contribution is 5.87. The van der Waals surface area contributed by atoms with Crippen LogP contribution in [0.5, 0.6) is 5.75 Å². The van der Waals surface area contributed by atoms with E-state index < -0.39 is 12.1 Å². The molecule has 7 heteroatoms. The Labute approximate surface area is 149 Å². The van der Waals surface area contributed by atoms with Gasteiger partial charge in [0.2, 0.25) is 5.95 Å². The molecule has 0 saturated carbocycles. The standard InChI is InChI=1S/C19H20FN3O3/c20-19-14(16-8-12-7-13(25)1-3-15(12)21-16)2-4-18(22-19)23-6-5-11(10-24)17(26)9-23/h1-4,7-8,11,17,21,24-26H,5-6,9-10H2/t11?,17-/m0/s1. The normalized spacial score (nSPS) is 20.7. The van der Waals surface area contributed by atoms with E-state index in [-0.39, 0.29) is 18.3 Å². The van der Waals surface area contributed by atoms with Crippen LogP contribution in [0.15, 0.2) is 36.4 Å². The summed E-state index contributed by atoms with van der Waals surface area (Å²) in [6, 6.07) is 10.1. The summed E-state index contributed by atoms with van der Waals surface area (Å²) >= 11 is 0. The van der Waals surface area contributed by atoms with Crippen molar-refractivity contribution in [1.82, 2.24) is 9.97 Å². The Kier molecular flexibility index (Phi) is 4.26. The number of halogens is 1. The van der Waals surface area contributed by atoms with Crippen molar-refractivity contribution in [2.75, 3.05) is 24.6 Å². The topological polar surface area (TPSA) is 92.6 Å². The lowest BCUT2D eigenvalue weighted by Gasteiger charge is -2.35. The summed E-state index contributed by atoms with van der Waals surface area (Å²) in [5, 5.41) is 29.6. The molecule has 1 aromatic carbocycles. The van der Waals surface area contributed by atoms with Gasteiger partial charge in [0.15, 0.2) is 0 Å². The first-order valence-corrected chi connectivity index (χ1v) is 8.57. The van der Waals surface area contributed by atoms with E-state index in [1.165, 1.54) is 0 Å². The monoisotopic (exact) mass is 357 g/mol. The van der Waals surface area contributed by atoms with Gasteiger partial charge in [-0.15, -0.1) is 0 Å². The summed E-state index contributed by atoms with van der Waals surface area (Å²) in [6.45, 7) is 0.883. The number of aliphatic hydroxyl groups excluding tert-OH is 2. The summed E-state index contributed by atoms with van der Waals surface area (Å²) in [6.07, 6.45) is -0.0199. The van der Waals surface area contributed by atoms with Gasteiger partial charge in [-0.1, -0.05) is 0 Å². The van der Waals surface area contributed by atoms with Crippen LogP contribution in [0.25, 0.3) is 22.2 Å². The molecule has 3 aromatic rings. The van der Waals surface area contributed by atoms with E-state index in [0.29, 0.717) is 36.6 Å². The zero-order valence-electron chi connectivity index (χ0n) is 14.1. The van der Waals surface area contributed by atoms with E-state index in [4.69, 9.17) is 0 Å². The van der Waals surface area contributed by atoms with Gasteiger partial charge in [-0.3, -0.25) is 0 Å². The zero-order valence-corrected chi connectivity index (χ0v) is 14.1. The average Bonchev–Trinajstić information content (AvgIpc) is 3.04. The van der Waals surface area contributed by atoms with Crippen molar-refractivity contribution in [2.24, 2.45) is 5.92 Å². The molecule has 0 radical (unpaired) electrons. The maximum Gasteiger partial charge on any atom is 0.224 e. The minimum atomic E-state index is -0.653. The van der Waals surface area contributed by atoms with Crippen LogP contribution < -0.4 is 4.90 Å². The predicted octanol–water partition coefficient (Wildman–Crippen LogP) is 2.25.